The minimum Gasteiger partial charge on any atom is -0.462 e. The second-order valence-corrected chi connectivity index (χ2v) is 3.41. The monoisotopic (exact) mass is 192 g/mol. The quantitative estimate of drug-likeness (QED) is 0.543. The second kappa shape index (κ2) is 3.42. The first kappa shape index (κ1) is 9.21. The van der Waals surface area contributed by atoms with Crippen molar-refractivity contribution in [1.29, 1.82) is 0 Å². The second-order valence-electron chi connectivity index (χ2n) is 3.41. The average molecular weight is 192 g/mol. The van der Waals surface area contributed by atoms with Crippen LogP contribution in [0.2, 0.25) is 0 Å². The molecule has 0 radical (unpaired) electrons. The van der Waals surface area contributed by atoms with Crippen LogP contribution in [0.1, 0.15) is 24.2 Å². The van der Waals surface area contributed by atoms with Crippen molar-refractivity contribution in [2.75, 3.05) is 0 Å². The van der Waals surface area contributed by atoms with E-state index >= 15 is 0 Å². The summed E-state index contributed by atoms with van der Waals surface area (Å²) in [5.41, 5.74) is 0.696. The molecule has 2 unspecified atom stereocenters. The Balaban J connectivity index is 2.02. The van der Waals surface area contributed by atoms with Crippen molar-refractivity contribution in [1.82, 2.24) is 0 Å². The lowest BCUT2D eigenvalue weighted by Crippen LogP contribution is -2.01. The molecule has 0 N–H and O–H groups in total. The van der Waals surface area contributed by atoms with E-state index in [9.17, 15) is 4.79 Å². The standard InChI is InChI=1S/C11H12O3/c1-7(12)9-3-5-10(6-4-9)14-11-8(2)13-11/h3-6,8,11H,1-2H3. The topological polar surface area (TPSA) is 38.8 Å². The van der Waals surface area contributed by atoms with Crippen LogP contribution in [-0.4, -0.2) is 18.2 Å². The number of epoxide rings is 1. The molecule has 2 atom stereocenters. The molecule has 3 nitrogen and oxygen atoms in total. The third kappa shape index (κ3) is 1.93. The van der Waals surface area contributed by atoms with Crippen LogP contribution in [0.4, 0.5) is 0 Å². The number of ketones is 1. The van der Waals surface area contributed by atoms with E-state index < -0.39 is 0 Å². The predicted octanol–water partition coefficient (Wildman–Crippen LogP) is 2.01. The van der Waals surface area contributed by atoms with Crippen LogP contribution < -0.4 is 4.74 Å². The smallest absolute Gasteiger partial charge is 0.226 e. The van der Waals surface area contributed by atoms with Crippen molar-refractivity contribution in [3.63, 3.8) is 0 Å². The minimum atomic E-state index is -0.113. The van der Waals surface area contributed by atoms with E-state index in [0.29, 0.717) is 5.56 Å². The zero-order chi connectivity index (χ0) is 10.1. The Bertz CT molecular complexity index is 342. The molecule has 0 aromatic heterocycles. The molecule has 0 saturated carbocycles. The van der Waals surface area contributed by atoms with Gasteiger partial charge in [0, 0.05) is 5.56 Å². The molecule has 3 heteroatoms. The Morgan fingerprint density at radius 1 is 1.36 bits per heavy atom. The summed E-state index contributed by atoms with van der Waals surface area (Å²) in [7, 11) is 0. The molecule has 1 fully saturated rings. The Labute approximate surface area is 82.6 Å². The molecular weight excluding hydrogens is 180 g/mol. The Morgan fingerprint density at radius 3 is 2.36 bits per heavy atom. The van der Waals surface area contributed by atoms with Gasteiger partial charge in [-0.25, -0.2) is 0 Å². The van der Waals surface area contributed by atoms with Crippen LogP contribution >= 0.6 is 0 Å². The highest BCUT2D eigenvalue weighted by Gasteiger charge is 2.36. The molecule has 2 rings (SSSR count). The van der Waals surface area contributed by atoms with Crippen LogP contribution in [-0.2, 0) is 4.74 Å². The van der Waals surface area contributed by atoms with Crippen LogP contribution in [0.3, 0.4) is 0 Å². The van der Waals surface area contributed by atoms with Crippen molar-refractivity contribution < 1.29 is 14.3 Å². The first-order valence-electron chi connectivity index (χ1n) is 4.60. The summed E-state index contributed by atoms with van der Waals surface area (Å²) >= 11 is 0. The number of carbonyl (C=O) groups excluding carboxylic acids is 1. The third-order valence-electron chi connectivity index (χ3n) is 2.17. The lowest BCUT2D eigenvalue weighted by Gasteiger charge is -2.02. The fourth-order valence-corrected chi connectivity index (χ4v) is 1.19. The molecule has 1 aromatic rings. The summed E-state index contributed by atoms with van der Waals surface area (Å²) < 4.78 is 10.5. The first-order chi connectivity index (χ1) is 6.66. The van der Waals surface area contributed by atoms with Crippen LogP contribution in [0.25, 0.3) is 0 Å². The lowest BCUT2D eigenvalue weighted by molar-refractivity contribution is 0.101. The van der Waals surface area contributed by atoms with Gasteiger partial charge in [0.05, 0.1) is 0 Å². The highest BCUT2D eigenvalue weighted by Crippen LogP contribution is 2.25. The molecule has 0 aliphatic carbocycles. The Kier molecular flexibility index (Phi) is 2.25. The third-order valence-corrected chi connectivity index (χ3v) is 2.17. The van der Waals surface area contributed by atoms with Crippen molar-refractivity contribution in [2.45, 2.75) is 26.2 Å². The number of Topliss-reactive ketones (excluding diaryl/α,β-unsaturated/α-hetero) is 1. The minimum absolute atomic E-state index is 0.0626. The van der Waals surface area contributed by atoms with E-state index in [4.69, 9.17) is 9.47 Å². The summed E-state index contributed by atoms with van der Waals surface area (Å²) in [4.78, 5) is 11.0. The molecule has 1 saturated heterocycles. The van der Waals surface area contributed by atoms with Gasteiger partial charge >= 0.3 is 0 Å². The summed E-state index contributed by atoms with van der Waals surface area (Å²) in [6, 6.07) is 7.08. The zero-order valence-corrected chi connectivity index (χ0v) is 8.19. The summed E-state index contributed by atoms with van der Waals surface area (Å²) in [6.45, 7) is 3.50. The lowest BCUT2D eigenvalue weighted by atomic mass is 10.1. The number of carbonyl (C=O) groups is 1. The Morgan fingerprint density at radius 2 is 1.93 bits per heavy atom. The van der Waals surface area contributed by atoms with Crippen LogP contribution in [0.5, 0.6) is 5.75 Å². The highest BCUT2D eigenvalue weighted by molar-refractivity contribution is 5.94. The zero-order valence-electron chi connectivity index (χ0n) is 8.19. The van der Waals surface area contributed by atoms with Gasteiger partial charge in [0.25, 0.3) is 0 Å². The van der Waals surface area contributed by atoms with E-state index in [-0.39, 0.29) is 18.2 Å². The molecule has 0 amide bonds. The van der Waals surface area contributed by atoms with Crippen molar-refractivity contribution in [3.05, 3.63) is 29.8 Å². The van der Waals surface area contributed by atoms with Crippen molar-refractivity contribution in [3.8, 4) is 5.75 Å². The molecule has 1 aliphatic rings. The van der Waals surface area contributed by atoms with E-state index in [1.54, 1.807) is 31.2 Å². The molecule has 1 aliphatic heterocycles. The van der Waals surface area contributed by atoms with Crippen LogP contribution in [0.15, 0.2) is 24.3 Å². The number of hydrogen-bond acceptors (Lipinski definition) is 3. The number of rotatable bonds is 3. The molecule has 74 valence electrons. The van der Waals surface area contributed by atoms with Gasteiger partial charge in [-0.15, -0.1) is 0 Å². The average Bonchev–Trinajstić information content (AvgIpc) is 2.82. The maximum Gasteiger partial charge on any atom is 0.226 e. The molecule has 0 spiro atoms. The van der Waals surface area contributed by atoms with Crippen molar-refractivity contribution in [2.24, 2.45) is 0 Å². The molecular formula is C11H12O3. The van der Waals surface area contributed by atoms with Gasteiger partial charge in [0.15, 0.2) is 5.78 Å². The SMILES string of the molecule is CC(=O)c1ccc(OC2OC2C)cc1. The first-order valence-corrected chi connectivity index (χ1v) is 4.60. The highest BCUT2D eigenvalue weighted by atomic mass is 16.8. The normalized spacial score (nSPS) is 24.4. The van der Waals surface area contributed by atoms with E-state index in [1.807, 2.05) is 6.92 Å². The molecule has 1 aromatic carbocycles. The molecule has 14 heavy (non-hydrogen) atoms. The molecule has 0 bridgehead atoms. The maximum absolute atomic E-state index is 11.0. The Hall–Kier alpha value is -1.35. The summed E-state index contributed by atoms with van der Waals surface area (Å²) in [5.74, 6) is 0.803. The summed E-state index contributed by atoms with van der Waals surface area (Å²) in [5, 5.41) is 0. The predicted molar refractivity (Wildman–Crippen MR) is 51.4 cm³/mol. The van der Waals surface area contributed by atoms with Gasteiger partial charge < -0.3 is 9.47 Å². The van der Waals surface area contributed by atoms with E-state index in [2.05, 4.69) is 0 Å². The van der Waals surface area contributed by atoms with Gasteiger partial charge in [-0.1, -0.05) is 0 Å². The van der Waals surface area contributed by atoms with Gasteiger partial charge in [-0.05, 0) is 38.1 Å². The van der Waals surface area contributed by atoms with Crippen molar-refractivity contribution >= 4 is 5.78 Å². The number of ether oxygens (including phenoxy) is 2. The largest absolute Gasteiger partial charge is 0.462 e. The molecule has 1 heterocycles. The number of hydrogen-bond donors (Lipinski definition) is 0. The van der Waals surface area contributed by atoms with Gasteiger partial charge in [0.2, 0.25) is 6.29 Å². The van der Waals surface area contributed by atoms with Gasteiger partial charge in [0.1, 0.15) is 11.9 Å². The fourth-order valence-electron chi connectivity index (χ4n) is 1.19. The van der Waals surface area contributed by atoms with E-state index in [0.717, 1.165) is 5.75 Å². The van der Waals surface area contributed by atoms with E-state index in [1.165, 1.54) is 0 Å². The van der Waals surface area contributed by atoms with Gasteiger partial charge in [-0.2, -0.15) is 0 Å². The number of benzene rings is 1. The fraction of sp³-hybridized carbons (Fsp3) is 0.364. The van der Waals surface area contributed by atoms with Crippen LogP contribution in [0, 0.1) is 0 Å². The van der Waals surface area contributed by atoms with Gasteiger partial charge in [-0.3, -0.25) is 4.79 Å². The summed E-state index contributed by atoms with van der Waals surface area (Å²) in [6.07, 6.45) is 0.0701. The maximum atomic E-state index is 11.0.